The lowest BCUT2D eigenvalue weighted by atomic mass is 10.1. The zero-order chi connectivity index (χ0) is 22.0. The first-order valence-electron chi connectivity index (χ1n) is 12.2. The number of aliphatic imine (C=N–C) groups is 1. The van der Waals surface area contributed by atoms with Crippen LogP contribution in [0.25, 0.3) is 0 Å². The third kappa shape index (κ3) is 6.76. The van der Waals surface area contributed by atoms with Crippen LogP contribution in [0, 0.1) is 5.92 Å². The zero-order valence-electron chi connectivity index (χ0n) is 19.5. The molecule has 3 heterocycles. The van der Waals surface area contributed by atoms with Crippen molar-refractivity contribution in [3.8, 4) is 5.75 Å². The molecule has 0 amide bonds. The number of methoxy groups -OCH3 is 1. The number of ether oxygens (including phenoxy) is 1. The summed E-state index contributed by atoms with van der Waals surface area (Å²) >= 11 is 0. The Bertz CT molecular complexity index is 813. The third-order valence-electron chi connectivity index (χ3n) is 6.61. The van der Waals surface area contributed by atoms with Crippen molar-refractivity contribution in [2.75, 3.05) is 52.9 Å². The normalized spacial score (nSPS) is 20.0. The zero-order valence-corrected chi connectivity index (χ0v) is 19.5. The van der Waals surface area contributed by atoms with E-state index in [2.05, 4.69) is 27.2 Å². The molecule has 0 aliphatic carbocycles. The van der Waals surface area contributed by atoms with Crippen LogP contribution in [-0.4, -0.2) is 68.7 Å². The Hall–Kier alpha value is -2.47. The number of nitrogens with one attached hydrogen (secondary N) is 1. The average Bonchev–Trinajstić information content (AvgIpc) is 3.52. The number of piperidine rings is 1. The van der Waals surface area contributed by atoms with E-state index >= 15 is 0 Å². The van der Waals surface area contributed by atoms with Crippen molar-refractivity contribution in [3.05, 3.63) is 54.0 Å². The van der Waals surface area contributed by atoms with E-state index in [1.807, 2.05) is 24.3 Å². The van der Waals surface area contributed by atoms with Crippen molar-refractivity contribution in [3.63, 3.8) is 0 Å². The van der Waals surface area contributed by atoms with Gasteiger partial charge >= 0.3 is 0 Å². The summed E-state index contributed by atoms with van der Waals surface area (Å²) < 4.78 is 10.7. The molecule has 1 N–H and O–H groups in total. The predicted molar refractivity (Wildman–Crippen MR) is 129 cm³/mol. The Morgan fingerprint density at radius 2 is 1.94 bits per heavy atom. The molecule has 32 heavy (non-hydrogen) atoms. The first-order chi connectivity index (χ1) is 15.8. The number of guanidine groups is 1. The lowest BCUT2D eigenvalue weighted by molar-refractivity contribution is 0.198. The summed E-state index contributed by atoms with van der Waals surface area (Å²) in [4.78, 5) is 10.1. The highest BCUT2D eigenvalue weighted by Gasteiger charge is 2.27. The van der Waals surface area contributed by atoms with Gasteiger partial charge in [-0.25, -0.2) is 0 Å². The highest BCUT2D eigenvalue weighted by molar-refractivity contribution is 5.80. The van der Waals surface area contributed by atoms with Crippen molar-refractivity contribution in [2.45, 2.75) is 38.5 Å². The number of nitrogens with zero attached hydrogens (tertiary/aromatic N) is 3. The van der Waals surface area contributed by atoms with E-state index in [4.69, 9.17) is 14.1 Å². The maximum Gasteiger partial charge on any atom is 0.193 e. The molecular formula is C26H38N4O2. The molecule has 2 saturated heterocycles. The molecule has 4 rings (SSSR count). The fraction of sp³-hybridized carbons (Fsp3) is 0.577. The van der Waals surface area contributed by atoms with Crippen LogP contribution in [0.5, 0.6) is 5.75 Å². The van der Waals surface area contributed by atoms with Crippen LogP contribution in [0.15, 0.2) is 52.1 Å². The Labute approximate surface area is 192 Å². The summed E-state index contributed by atoms with van der Waals surface area (Å²) in [5.41, 5.74) is 1.30. The van der Waals surface area contributed by atoms with Gasteiger partial charge in [0.25, 0.3) is 0 Å². The molecular weight excluding hydrogens is 400 g/mol. The quantitative estimate of drug-likeness (QED) is 0.476. The van der Waals surface area contributed by atoms with Gasteiger partial charge in [0.05, 0.1) is 13.4 Å². The van der Waals surface area contributed by atoms with E-state index in [9.17, 15) is 0 Å². The molecule has 0 bridgehead atoms. The Kier molecular flexibility index (Phi) is 8.49. The number of likely N-dealkylation sites (tertiary alicyclic amines) is 2. The smallest absolute Gasteiger partial charge is 0.193 e. The van der Waals surface area contributed by atoms with Crippen molar-refractivity contribution >= 4 is 5.96 Å². The molecule has 0 saturated carbocycles. The van der Waals surface area contributed by atoms with Gasteiger partial charge in [-0.1, -0.05) is 18.6 Å². The maximum absolute atomic E-state index is 5.48. The van der Waals surface area contributed by atoms with Gasteiger partial charge in [0.15, 0.2) is 5.96 Å². The molecule has 0 spiro atoms. The van der Waals surface area contributed by atoms with E-state index in [1.54, 1.807) is 13.4 Å². The average molecular weight is 439 g/mol. The van der Waals surface area contributed by atoms with E-state index in [0.717, 1.165) is 62.4 Å². The van der Waals surface area contributed by atoms with Crippen LogP contribution >= 0.6 is 0 Å². The first kappa shape index (κ1) is 22.7. The number of hydrogen-bond acceptors (Lipinski definition) is 4. The predicted octanol–water partition coefficient (Wildman–Crippen LogP) is 3.83. The minimum Gasteiger partial charge on any atom is -0.497 e. The largest absolute Gasteiger partial charge is 0.497 e. The minimum absolute atomic E-state index is 0.742. The second kappa shape index (κ2) is 12.0. The van der Waals surface area contributed by atoms with Crippen molar-refractivity contribution in [1.82, 2.24) is 15.1 Å². The molecule has 1 aromatic heterocycles. The fourth-order valence-corrected chi connectivity index (χ4v) is 4.79. The number of rotatable bonds is 9. The summed E-state index contributed by atoms with van der Waals surface area (Å²) in [7, 11) is 1.70. The van der Waals surface area contributed by atoms with Crippen molar-refractivity contribution < 1.29 is 9.15 Å². The molecule has 1 aromatic carbocycles. The summed E-state index contributed by atoms with van der Waals surface area (Å²) in [6.07, 6.45) is 8.92. The van der Waals surface area contributed by atoms with Gasteiger partial charge in [0, 0.05) is 39.1 Å². The Morgan fingerprint density at radius 1 is 1.09 bits per heavy atom. The summed E-state index contributed by atoms with van der Waals surface area (Å²) in [6, 6.07) is 12.3. The fourth-order valence-electron chi connectivity index (χ4n) is 4.79. The standard InChI is InChI=1S/C26H38N4O2/c1-31-24-9-7-22(8-10-24)11-14-27-26(28-15-12-25-6-5-19-32-25)30-18-13-23(21-30)20-29-16-3-2-4-17-29/h5-10,19,23H,2-4,11-18,20-21H2,1H3,(H,27,28). The van der Waals surface area contributed by atoms with Crippen LogP contribution in [-0.2, 0) is 12.8 Å². The van der Waals surface area contributed by atoms with E-state index < -0.39 is 0 Å². The van der Waals surface area contributed by atoms with Gasteiger partial charge in [-0.15, -0.1) is 0 Å². The lowest BCUT2D eigenvalue weighted by Crippen LogP contribution is -2.42. The van der Waals surface area contributed by atoms with E-state index in [0.29, 0.717) is 0 Å². The van der Waals surface area contributed by atoms with Crippen molar-refractivity contribution in [1.29, 1.82) is 0 Å². The summed E-state index contributed by atoms with van der Waals surface area (Å²) in [6.45, 7) is 7.60. The third-order valence-corrected chi connectivity index (χ3v) is 6.61. The molecule has 1 unspecified atom stereocenters. The van der Waals surface area contributed by atoms with E-state index in [1.165, 1.54) is 50.9 Å². The molecule has 174 valence electrons. The molecule has 2 fully saturated rings. The van der Waals surface area contributed by atoms with Crippen molar-refractivity contribution in [2.24, 2.45) is 10.9 Å². The minimum atomic E-state index is 0.742. The van der Waals surface area contributed by atoms with Crippen LogP contribution in [0.1, 0.15) is 37.0 Å². The number of benzene rings is 1. The van der Waals surface area contributed by atoms with Gasteiger partial charge < -0.3 is 24.3 Å². The molecule has 0 radical (unpaired) electrons. The number of furan rings is 1. The molecule has 2 aromatic rings. The SMILES string of the molecule is COc1ccc(CCNC(=NCCc2ccco2)N2CCC(CN3CCCCC3)C2)cc1. The first-order valence-corrected chi connectivity index (χ1v) is 12.2. The highest BCUT2D eigenvalue weighted by atomic mass is 16.5. The summed E-state index contributed by atoms with van der Waals surface area (Å²) in [5, 5.41) is 3.64. The van der Waals surface area contributed by atoms with Gasteiger partial charge in [-0.05, 0) is 74.5 Å². The van der Waals surface area contributed by atoms with Gasteiger partial charge in [-0.3, -0.25) is 4.99 Å². The second-order valence-corrected chi connectivity index (χ2v) is 9.02. The highest BCUT2D eigenvalue weighted by Crippen LogP contribution is 2.20. The van der Waals surface area contributed by atoms with Gasteiger partial charge in [0.1, 0.15) is 11.5 Å². The molecule has 2 aliphatic rings. The van der Waals surface area contributed by atoms with Crippen LogP contribution in [0.4, 0.5) is 0 Å². The lowest BCUT2D eigenvalue weighted by Gasteiger charge is -2.29. The topological polar surface area (TPSA) is 53.2 Å². The second-order valence-electron chi connectivity index (χ2n) is 9.02. The summed E-state index contributed by atoms with van der Waals surface area (Å²) in [5.74, 6) is 3.69. The molecule has 1 atom stereocenters. The Balaban J connectivity index is 1.31. The van der Waals surface area contributed by atoms with Gasteiger partial charge in [0.2, 0.25) is 0 Å². The van der Waals surface area contributed by atoms with E-state index in [-0.39, 0.29) is 0 Å². The molecule has 6 heteroatoms. The van der Waals surface area contributed by atoms with Crippen LogP contribution in [0.3, 0.4) is 0 Å². The maximum atomic E-state index is 5.48. The number of hydrogen-bond donors (Lipinski definition) is 1. The van der Waals surface area contributed by atoms with Gasteiger partial charge in [-0.2, -0.15) is 0 Å². The molecule has 6 nitrogen and oxygen atoms in total. The van der Waals surface area contributed by atoms with Crippen LogP contribution in [0.2, 0.25) is 0 Å². The van der Waals surface area contributed by atoms with Crippen LogP contribution < -0.4 is 10.1 Å². The monoisotopic (exact) mass is 438 g/mol. The Morgan fingerprint density at radius 3 is 2.69 bits per heavy atom. The molecule has 2 aliphatic heterocycles.